The van der Waals surface area contributed by atoms with Gasteiger partial charge in [-0.15, -0.1) is 0 Å². The Morgan fingerprint density at radius 3 is 2.26 bits per heavy atom. The number of rotatable bonds is 8. The number of nitrogens with two attached hydrogens (primary N) is 1. The molecule has 1 aliphatic heterocycles. The Hall–Kier alpha value is -3.48. The molecule has 1 aliphatic carbocycles. The Balaban J connectivity index is 1.52. The Bertz CT molecular complexity index is 999. The SMILES string of the molecule is NC(=O)c1ccc(CN2C[C@H](C(=O)C(=O)NC3CC3)[C@@H](Cc3ccccc3)C2=O)cc1. The highest BCUT2D eigenvalue weighted by Crippen LogP contribution is 2.31. The highest BCUT2D eigenvalue weighted by Gasteiger charge is 2.46. The summed E-state index contributed by atoms with van der Waals surface area (Å²) in [5.74, 6) is -3.03. The van der Waals surface area contributed by atoms with Gasteiger partial charge in [-0.2, -0.15) is 0 Å². The molecular weight excluding hydrogens is 394 g/mol. The van der Waals surface area contributed by atoms with Crippen LogP contribution in [0, 0.1) is 11.8 Å². The molecule has 1 saturated heterocycles. The lowest BCUT2D eigenvalue weighted by atomic mass is 9.86. The van der Waals surface area contributed by atoms with Crippen LogP contribution in [0.15, 0.2) is 54.6 Å². The van der Waals surface area contributed by atoms with Crippen molar-refractivity contribution >= 4 is 23.5 Å². The topological polar surface area (TPSA) is 110 Å². The number of hydrogen-bond acceptors (Lipinski definition) is 4. The number of hydrogen-bond donors (Lipinski definition) is 2. The van der Waals surface area contributed by atoms with E-state index in [1.807, 2.05) is 30.3 Å². The third kappa shape index (κ3) is 4.82. The van der Waals surface area contributed by atoms with Crippen LogP contribution in [-0.4, -0.2) is 41.0 Å². The summed E-state index contributed by atoms with van der Waals surface area (Å²) in [5, 5.41) is 2.75. The van der Waals surface area contributed by atoms with Crippen LogP contribution in [0.2, 0.25) is 0 Å². The minimum atomic E-state index is -0.684. The maximum absolute atomic E-state index is 13.2. The van der Waals surface area contributed by atoms with Crippen LogP contribution in [0.3, 0.4) is 0 Å². The van der Waals surface area contributed by atoms with Gasteiger partial charge in [-0.25, -0.2) is 0 Å². The first-order valence-corrected chi connectivity index (χ1v) is 10.5. The number of nitrogens with one attached hydrogen (secondary N) is 1. The molecule has 1 heterocycles. The van der Waals surface area contributed by atoms with Crippen molar-refractivity contribution in [3.63, 3.8) is 0 Å². The van der Waals surface area contributed by atoms with Crippen molar-refractivity contribution in [3.05, 3.63) is 71.3 Å². The standard InChI is InChI=1S/C24H25N3O4/c25-22(29)17-8-6-16(7-9-17)13-27-14-20(21(28)23(30)26-18-10-11-18)19(24(27)31)12-15-4-2-1-3-5-15/h1-9,18-20H,10-14H2,(H2,25,29)(H,26,30)/t19-,20+/m1/s1. The molecule has 160 valence electrons. The van der Waals surface area contributed by atoms with E-state index >= 15 is 0 Å². The van der Waals surface area contributed by atoms with E-state index in [0.717, 1.165) is 24.0 Å². The number of benzene rings is 2. The van der Waals surface area contributed by atoms with E-state index in [9.17, 15) is 19.2 Å². The zero-order chi connectivity index (χ0) is 22.0. The fourth-order valence-corrected chi connectivity index (χ4v) is 4.01. The summed E-state index contributed by atoms with van der Waals surface area (Å²) in [6, 6.07) is 16.3. The van der Waals surface area contributed by atoms with Gasteiger partial charge >= 0.3 is 0 Å². The zero-order valence-electron chi connectivity index (χ0n) is 17.1. The molecule has 0 aromatic heterocycles. The van der Waals surface area contributed by atoms with Crippen molar-refractivity contribution in [2.45, 2.75) is 31.8 Å². The first kappa shape index (κ1) is 20.8. The van der Waals surface area contributed by atoms with Gasteiger partial charge in [-0.05, 0) is 42.5 Å². The van der Waals surface area contributed by atoms with Gasteiger partial charge in [0.15, 0.2) is 0 Å². The normalized spacial score (nSPS) is 20.5. The first-order valence-electron chi connectivity index (χ1n) is 10.5. The maximum atomic E-state index is 13.2. The monoisotopic (exact) mass is 419 g/mol. The number of Topliss-reactive ketones (excluding diaryl/α,β-unsaturated/α-hetero) is 1. The molecule has 2 aromatic rings. The highest BCUT2D eigenvalue weighted by atomic mass is 16.2. The molecule has 0 spiro atoms. The van der Waals surface area contributed by atoms with E-state index in [-0.39, 0.29) is 18.5 Å². The quantitative estimate of drug-likeness (QED) is 0.631. The molecule has 7 nitrogen and oxygen atoms in total. The van der Waals surface area contributed by atoms with E-state index in [1.54, 1.807) is 29.2 Å². The highest BCUT2D eigenvalue weighted by molar-refractivity contribution is 6.37. The van der Waals surface area contributed by atoms with Gasteiger partial charge < -0.3 is 16.0 Å². The minimum Gasteiger partial charge on any atom is -0.366 e. The van der Waals surface area contributed by atoms with Gasteiger partial charge in [0.1, 0.15) is 0 Å². The van der Waals surface area contributed by atoms with Crippen LogP contribution in [0.4, 0.5) is 0 Å². The second kappa shape index (κ2) is 8.71. The van der Waals surface area contributed by atoms with Crippen LogP contribution in [0.1, 0.15) is 34.3 Å². The molecule has 0 bridgehead atoms. The molecule has 2 fully saturated rings. The van der Waals surface area contributed by atoms with Gasteiger partial charge in [0.2, 0.25) is 17.6 Å². The summed E-state index contributed by atoms with van der Waals surface area (Å²) in [7, 11) is 0. The zero-order valence-corrected chi connectivity index (χ0v) is 17.1. The van der Waals surface area contributed by atoms with Crippen molar-refractivity contribution in [1.29, 1.82) is 0 Å². The van der Waals surface area contributed by atoms with E-state index in [1.165, 1.54) is 0 Å². The second-order valence-corrected chi connectivity index (χ2v) is 8.29. The summed E-state index contributed by atoms with van der Waals surface area (Å²) in [4.78, 5) is 51.5. The number of ketones is 1. The Morgan fingerprint density at radius 1 is 0.968 bits per heavy atom. The lowest BCUT2D eigenvalue weighted by molar-refractivity contribution is -0.141. The summed E-state index contributed by atoms with van der Waals surface area (Å²) < 4.78 is 0. The van der Waals surface area contributed by atoms with Gasteiger partial charge in [-0.1, -0.05) is 42.5 Å². The van der Waals surface area contributed by atoms with Crippen LogP contribution in [-0.2, 0) is 27.3 Å². The number of carbonyl (C=O) groups excluding carboxylic acids is 4. The van der Waals surface area contributed by atoms with Crippen LogP contribution < -0.4 is 11.1 Å². The molecule has 2 aliphatic rings. The molecule has 7 heteroatoms. The second-order valence-electron chi connectivity index (χ2n) is 8.29. The number of nitrogens with zero attached hydrogens (tertiary/aromatic N) is 1. The lowest BCUT2D eigenvalue weighted by Crippen LogP contribution is -2.39. The predicted molar refractivity (Wildman–Crippen MR) is 114 cm³/mol. The van der Waals surface area contributed by atoms with E-state index in [2.05, 4.69) is 5.32 Å². The average Bonchev–Trinajstić information content (AvgIpc) is 3.54. The van der Waals surface area contributed by atoms with Crippen molar-refractivity contribution in [3.8, 4) is 0 Å². The van der Waals surface area contributed by atoms with E-state index in [0.29, 0.717) is 18.5 Å². The van der Waals surface area contributed by atoms with Crippen molar-refractivity contribution < 1.29 is 19.2 Å². The number of carbonyl (C=O) groups is 4. The smallest absolute Gasteiger partial charge is 0.287 e. The Labute approximate surface area is 180 Å². The number of likely N-dealkylation sites (tertiary alicyclic amines) is 1. The van der Waals surface area contributed by atoms with Gasteiger partial charge in [0.25, 0.3) is 5.91 Å². The fourth-order valence-electron chi connectivity index (χ4n) is 4.01. The third-order valence-corrected chi connectivity index (χ3v) is 5.92. The molecule has 31 heavy (non-hydrogen) atoms. The number of amides is 3. The summed E-state index contributed by atoms with van der Waals surface area (Å²) >= 11 is 0. The molecule has 0 unspecified atom stereocenters. The van der Waals surface area contributed by atoms with Gasteiger partial charge in [0.05, 0.1) is 11.8 Å². The third-order valence-electron chi connectivity index (χ3n) is 5.92. The summed E-state index contributed by atoms with van der Waals surface area (Å²) in [6.45, 7) is 0.502. The van der Waals surface area contributed by atoms with E-state index < -0.39 is 29.4 Å². The van der Waals surface area contributed by atoms with Crippen LogP contribution in [0.25, 0.3) is 0 Å². The minimum absolute atomic E-state index is 0.0843. The first-order chi connectivity index (χ1) is 14.9. The largest absolute Gasteiger partial charge is 0.366 e. The van der Waals surface area contributed by atoms with Gasteiger partial charge in [0, 0.05) is 24.7 Å². The fraction of sp³-hybridized carbons (Fsp3) is 0.333. The predicted octanol–water partition coefficient (Wildman–Crippen LogP) is 1.45. The van der Waals surface area contributed by atoms with Gasteiger partial charge in [-0.3, -0.25) is 19.2 Å². The molecule has 0 radical (unpaired) electrons. The molecular formula is C24H25N3O4. The summed E-state index contributed by atoms with van der Waals surface area (Å²) in [6.07, 6.45) is 2.19. The van der Waals surface area contributed by atoms with E-state index in [4.69, 9.17) is 5.73 Å². The Kier molecular flexibility index (Phi) is 5.84. The molecule has 1 saturated carbocycles. The van der Waals surface area contributed by atoms with Crippen LogP contribution in [0.5, 0.6) is 0 Å². The molecule has 2 atom stereocenters. The molecule has 3 amide bonds. The summed E-state index contributed by atoms with van der Waals surface area (Å²) in [5.41, 5.74) is 7.45. The number of primary amides is 1. The molecule has 4 rings (SSSR count). The molecule has 3 N–H and O–H groups in total. The lowest BCUT2D eigenvalue weighted by Gasteiger charge is -2.17. The maximum Gasteiger partial charge on any atom is 0.287 e. The average molecular weight is 419 g/mol. The van der Waals surface area contributed by atoms with Crippen molar-refractivity contribution in [1.82, 2.24) is 10.2 Å². The van der Waals surface area contributed by atoms with Crippen molar-refractivity contribution in [2.24, 2.45) is 17.6 Å². The molecule has 2 aromatic carbocycles. The van der Waals surface area contributed by atoms with Crippen LogP contribution >= 0.6 is 0 Å². The van der Waals surface area contributed by atoms with Crippen molar-refractivity contribution in [2.75, 3.05) is 6.54 Å². The Morgan fingerprint density at radius 2 is 1.65 bits per heavy atom.